The maximum atomic E-state index is 13.4. The summed E-state index contributed by atoms with van der Waals surface area (Å²) in [6.45, 7) is 10.9. The number of aromatic amines is 1. The number of aromatic nitrogens is 2. The smallest absolute Gasteiger partial charge is 0.251 e. The average Bonchev–Trinajstić information content (AvgIpc) is 3.23. The molecule has 5 nitrogen and oxygen atoms in total. The van der Waals surface area contributed by atoms with E-state index in [0.717, 1.165) is 42.8 Å². The number of hydrogen-bond donors (Lipinski definition) is 1. The summed E-state index contributed by atoms with van der Waals surface area (Å²) < 4.78 is 26.9. The van der Waals surface area contributed by atoms with Crippen molar-refractivity contribution in [3.8, 4) is 11.3 Å². The Morgan fingerprint density at radius 3 is 2.32 bits per heavy atom. The van der Waals surface area contributed by atoms with Gasteiger partial charge in [-0.2, -0.15) is 0 Å². The Bertz CT molecular complexity index is 1260. The molecule has 0 aliphatic carbocycles. The number of halogens is 2. The van der Waals surface area contributed by atoms with Crippen LogP contribution in [0, 0.1) is 13.8 Å². The van der Waals surface area contributed by atoms with Crippen molar-refractivity contribution in [2.45, 2.75) is 71.1 Å². The van der Waals surface area contributed by atoms with Crippen LogP contribution < -0.4 is 0 Å². The summed E-state index contributed by atoms with van der Waals surface area (Å²) in [4.78, 5) is 24.7. The molecule has 2 saturated heterocycles. The summed E-state index contributed by atoms with van der Waals surface area (Å²) in [5.41, 5.74) is 8.26. The van der Waals surface area contributed by atoms with Gasteiger partial charge in [0.25, 0.3) is 5.92 Å². The van der Waals surface area contributed by atoms with Crippen molar-refractivity contribution < 1.29 is 13.6 Å². The topological polar surface area (TPSA) is 52.2 Å². The van der Waals surface area contributed by atoms with Crippen molar-refractivity contribution in [3.63, 3.8) is 0 Å². The van der Waals surface area contributed by atoms with E-state index in [0.29, 0.717) is 18.4 Å². The van der Waals surface area contributed by atoms with Gasteiger partial charge in [0.1, 0.15) is 0 Å². The fourth-order valence-corrected chi connectivity index (χ4v) is 6.09. The molecule has 0 spiro atoms. The number of amides is 1. The molecule has 2 aliphatic rings. The quantitative estimate of drug-likeness (QED) is 0.433. The molecule has 1 aromatic carbocycles. The zero-order valence-corrected chi connectivity index (χ0v) is 22.4. The molecule has 37 heavy (non-hydrogen) atoms. The number of benzene rings is 1. The van der Waals surface area contributed by atoms with Crippen LogP contribution in [0.5, 0.6) is 0 Å². The van der Waals surface area contributed by atoms with Crippen LogP contribution in [0.3, 0.4) is 0 Å². The van der Waals surface area contributed by atoms with Gasteiger partial charge >= 0.3 is 0 Å². The number of hydrogen-bond acceptors (Lipinski definition) is 3. The first kappa shape index (κ1) is 25.8. The van der Waals surface area contributed by atoms with Crippen molar-refractivity contribution in [2.24, 2.45) is 0 Å². The van der Waals surface area contributed by atoms with Gasteiger partial charge in [0.05, 0.1) is 12.2 Å². The molecular formula is C30H38F2N4O. The van der Waals surface area contributed by atoms with E-state index < -0.39 is 5.92 Å². The van der Waals surface area contributed by atoms with Crippen molar-refractivity contribution in [1.82, 2.24) is 19.8 Å². The molecule has 2 fully saturated rings. The standard InChI is InChI=1S/C30H38F2N4O/c1-19(2)28-25-17-23(5-6-26(25)34-29(28)24-15-20(3)33-21(4)16-24)22-7-11-35(12-8-22)18-27(37)36-13-9-30(31,32)10-14-36/h5-6,15-17,19,22,34H,7-14,18H2,1-4H3. The molecule has 198 valence electrons. The predicted octanol–water partition coefficient (Wildman–Crippen LogP) is 6.41. The molecule has 4 heterocycles. The van der Waals surface area contributed by atoms with Crippen molar-refractivity contribution in [1.29, 1.82) is 0 Å². The van der Waals surface area contributed by atoms with Gasteiger partial charge in [-0.05, 0) is 87.0 Å². The van der Waals surface area contributed by atoms with Crippen LogP contribution in [0.1, 0.15) is 73.9 Å². The van der Waals surface area contributed by atoms with E-state index in [4.69, 9.17) is 0 Å². The molecule has 2 aromatic heterocycles. The molecular weight excluding hydrogens is 470 g/mol. The molecule has 0 atom stereocenters. The Balaban J connectivity index is 1.29. The second-order valence-electron chi connectivity index (χ2n) is 11.3. The highest BCUT2D eigenvalue weighted by molar-refractivity contribution is 5.92. The number of carbonyl (C=O) groups excluding carboxylic acids is 1. The monoisotopic (exact) mass is 508 g/mol. The Morgan fingerprint density at radius 2 is 1.70 bits per heavy atom. The summed E-state index contributed by atoms with van der Waals surface area (Å²) in [5, 5.41) is 1.29. The van der Waals surface area contributed by atoms with Crippen LogP contribution >= 0.6 is 0 Å². The number of carbonyl (C=O) groups is 1. The number of nitrogens with zero attached hydrogens (tertiary/aromatic N) is 3. The van der Waals surface area contributed by atoms with Crippen LogP contribution in [-0.2, 0) is 4.79 Å². The second-order valence-corrected chi connectivity index (χ2v) is 11.3. The lowest BCUT2D eigenvalue weighted by Gasteiger charge is -2.35. The Morgan fingerprint density at radius 1 is 1.05 bits per heavy atom. The third-order valence-corrected chi connectivity index (χ3v) is 8.08. The summed E-state index contributed by atoms with van der Waals surface area (Å²) in [6.07, 6.45) is 1.55. The zero-order valence-electron chi connectivity index (χ0n) is 22.4. The Labute approximate surface area is 218 Å². The highest BCUT2D eigenvalue weighted by Gasteiger charge is 2.36. The number of likely N-dealkylation sites (tertiary alicyclic amines) is 2. The van der Waals surface area contributed by atoms with E-state index in [1.165, 1.54) is 27.8 Å². The number of fused-ring (bicyclic) bond motifs is 1. The third-order valence-electron chi connectivity index (χ3n) is 8.08. The first-order chi connectivity index (χ1) is 17.6. The minimum atomic E-state index is -2.62. The van der Waals surface area contributed by atoms with E-state index >= 15 is 0 Å². The summed E-state index contributed by atoms with van der Waals surface area (Å²) >= 11 is 0. The highest BCUT2D eigenvalue weighted by atomic mass is 19.3. The van der Waals surface area contributed by atoms with Crippen LogP contribution in [0.25, 0.3) is 22.2 Å². The lowest BCUT2D eigenvalue weighted by Crippen LogP contribution is -2.47. The van der Waals surface area contributed by atoms with E-state index in [1.807, 2.05) is 13.8 Å². The lowest BCUT2D eigenvalue weighted by atomic mass is 9.87. The van der Waals surface area contributed by atoms with Gasteiger partial charge in [0, 0.05) is 53.8 Å². The first-order valence-electron chi connectivity index (χ1n) is 13.6. The Hall–Kier alpha value is -2.80. The van der Waals surface area contributed by atoms with Gasteiger partial charge < -0.3 is 9.88 Å². The molecule has 1 N–H and O–H groups in total. The number of aryl methyl sites for hydroxylation is 2. The third kappa shape index (κ3) is 5.57. The van der Waals surface area contributed by atoms with E-state index in [9.17, 15) is 13.6 Å². The van der Waals surface area contributed by atoms with Gasteiger partial charge in [0.2, 0.25) is 5.91 Å². The number of nitrogens with one attached hydrogen (secondary N) is 1. The van der Waals surface area contributed by atoms with Crippen molar-refractivity contribution >= 4 is 16.8 Å². The number of H-pyrrole nitrogens is 1. The fourth-order valence-electron chi connectivity index (χ4n) is 6.09. The van der Waals surface area contributed by atoms with Gasteiger partial charge in [0.15, 0.2) is 0 Å². The van der Waals surface area contributed by atoms with E-state index in [2.05, 4.69) is 59.0 Å². The minimum absolute atomic E-state index is 0.0154. The number of pyridine rings is 1. The summed E-state index contributed by atoms with van der Waals surface area (Å²) in [7, 11) is 0. The van der Waals surface area contributed by atoms with Crippen LogP contribution in [0.15, 0.2) is 30.3 Å². The van der Waals surface area contributed by atoms with E-state index in [1.54, 1.807) is 4.90 Å². The summed E-state index contributed by atoms with van der Waals surface area (Å²) in [6, 6.07) is 11.1. The molecule has 0 unspecified atom stereocenters. The van der Waals surface area contributed by atoms with Crippen LogP contribution in [-0.4, -0.2) is 64.3 Å². The van der Waals surface area contributed by atoms with Gasteiger partial charge in [-0.15, -0.1) is 0 Å². The number of rotatable bonds is 5. The molecule has 2 aliphatic heterocycles. The van der Waals surface area contributed by atoms with Crippen LogP contribution in [0.4, 0.5) is 8.78 Å². The Kier molecular flexibility index (Phi) is 7.10. The summed E-state index contributed by atoms with van der Waals surface area (Å²) in [5.74, 6) is -1.82. The molecule has 0 saturated carbocycles. The van der Waals surface area contributed by atoms with Crippen LogP contribution in [0.2, 0.25) is 0 Å². The van der Waals surface area contributed by atoms with Gasteiger partial charge in [-0.1, -0.05) is 19.9 Å². The number of alkyl halides is 2. The SMILES string of the molecule is Cc1cc(-c2[nH]c3ccc(C4CCN(CC(=O)N5CCC(F)(F)CC5)CC4)cc3c2C(C)C)cc(C)n1. The molecule has 3 aromatic rings. The first-order valence-corrected chi connectivity index (χ1v) is 13.6. The molecule has 1 amide bonds. The molecule has 0 radical (unpaired) electrons. The normalized spacial score (nSPS) is 19.2. The van der Waals surface area contributed by atoms with Crippen molar-refractivity contribution in [3.05, 3.63) is 52.8 Å². The largest absolute Gasteiger partial charge is 0.354 e. The zero-order chi connectivity index (χ0) is 26.3. The number of piperidine rings is 2. The fraction of sp³-hybridized carbons (Fsp3) is 0.533. The predicted molar refractivity (Wildman–Crippen MR) is 144 cm³/mol. The lowest BCUT2D eigenvalue weighted by molar-refractivity contribution is -0.138. The molecule has 0 bridgehead atoms. The molecule has 5 rings (SSSR count). The van der Waals surface area contributed by atoms with Gasteiger partial charge in [-0.25, -0.2) is 8.78 Å². The van der Waals surface area contributed by atoms with Gasteiger partial charge in [-0.3, -0.25) is 14.7 Å². The average molecular weight is 509 g/mol. The van der Waals surface area contributed by atoms with Crippen molar-refractivity contribution in [2.75, 3.05) is 32.7 Å². The maximum absolute atomic E-state index is 13.4. The highest BCUT2D eigenvalue weighted by Crippen LogP contribution is 2.38. The molecule has 7 heteroatoms. The minimum Gasteiger partial charge on any atom is -0.354 e. The van der Waals surface area contributed by atoms with E-state index in [-0.39, 0.29) is 31.8 Å². The maximum Gasteiger partial charge on any atom is 0.251 e. The second kappa shape index (κ2) is 10.2.